The van der Waals surface area contributed by atoms with E-state index in [4.69, 9.17) is 4.74 Å². The molecule has 25 heavy (non-hydrogen) atoms. The minimum absolute atomic E-state index is 0.0181. The summed E-state index contributed by atoms with van der Waals surface area (Å²) in [6.45, 7) is 7.35. The molecule has 2 fully saturated rings. The van der Waals surface area contributed by atoms with Crippen LogP contribution in [0.3, 0.4) is 0 Å². The zero-order valence-electron chi connectivity index (χ0n) is 15.5. The van der Waals surface area contributed by atoms with Crippen molar-refractivity contribution < 1.29 is 14.3 Å². The van der Waals surface area contributed by atoms with Gasteiger partial charge < -0.3 is 14.5 Å². The molecule has 2 aliphatic rings. The molecule has 0 spiro atoms. The molecule has 5 heteroatoms. The molecule has 3 rings (SSSR count). The summed E-state index contributed by atoms with van der Waals surface area (Å²) in [6, 6.07) is 7.83. The molecule has 0 radical (unpaired) electrons. The SMILES string of the molecule is CC(=O)N1CCC[C@H]2N(C(=O)COc3ccccc3C)CCC[C@@]21C. The van der Waals surface area contributed by atoms with Crippen molar-refractivity contribution in [2.75, 3.05) is 19.7 Å². The molecule has 2 aliphatic heterocycles. The molecule has 1 aromatic rings. The van der Waals surface area contributed by atoms with E-state index in [9.17, 15) is 9.59 Å². The van der Waals surface area contributed by atoms with Crippen LogP contribution in [0.2, 0.25) is 0 Å². The van der Waals surface area contributed by atoms with Gasteiger partial charge in [0, 0.05) is 20.0 Å². The number of fused-ring (bicyclic) bond motifs is 1. The van der Waals surface area contributed by atoms with Gasteiger partial charge in [-0.3, -0.25) is 9.59 Å². The van der Waals surface area contributed by atoms with Gasteiger partial charge in [-0.15, -0.1) is 0 Å². The Labute approximate surface area is 149 Å². The second kappa shape index (κ2) is 7.06. The molecule has 0 bridgehead atoms. The van der Waals surface area contributed by atoms with Gasteiger partial charge in [0.1, 0.15) is 5.75 Å². The van der Waals surface area contributed by atoms with Crippen molar-refractivity contribution in [3.8, 4) is 5.75 Å². The maximum absolute atomic E-state index is 12.9. The van der Waals surface area contributed by atoms with E-state index in [1.165, 1.54) is 0 Å². The Hall–Kier alpha value is -2.04. The second-order valence-electron chi connectivity index (χ2n) is 7.43. The normalized spacial score (nSPS) is 26.1. The summed E-state index contributed by atoms with van der Waals surface area (Å²) in [7, 11) is 0. The zero-order valence-corrected chi connectivity index (χ0v) is 15.5. The lowest BCUT2D eigenvalue weighted by atomic mass is 9.76. The number of nitrogens with zero attached hydrogens (tertiary/aromatic N) is 2. The fourth-order valence-corrected chi connectivity index (χ4v) is 4.50. The molecule has 0 aromatic heterocycles. The number of benzene rings is 1. The number of carbonyl (C=O) groups is 2. The van der Waals surface area contributed by atoms with Gasteiger partial charge in [0.15, 0.2) is 6.61 Å². The van der Waals surface area contributed by atoms with E-state index in [-0.39, 0.29) is 30.0 Å². The van der Waals surface area contributed by atoms with Crippen LogP contribution in [0.1, 0.15) is 45.1 Å². The summed E-state index contributed by atoms with van der Waals surface area (Å²) in [5.41, 5.74) is 0.778. The molecule has 2 atom stereocenters. The van der Waals surface area contributed by atoms with E-state index in [2.05, 4.69) is 6.92 Å². The number of para-hydroxylation sites is 1. The van der Waals surface area contributed by atoms with Gasteiger partial charge in [-0.05, 0) is 51.2 Å². The third-order valence-corrected chi connectivity index (χ3v) is 5.80. The van der Waals surface area contributed by atoms with E-state index >= 15 is 0 Å². The smallest absolute Gasteiger partial charge is 0.260 e. The molecule has 0 N–H and O–H groups in total. The highest BCUT2D eigenvalue weighted by molar-refractivity contribution is 5.79. The fraction of sp³-hybridized carbons (Fsp3) is 0.600. The number of carbonyl (C=O) groups excluding carboxylic acids is 2. The summed E-state index contributed by atoms with van der Waals surface area (Å²) < 4.78 is 5.77. The van der Waals surface area contributed by atoms with E-state index in [0.29, 0.717) is 0 Å². The molecule has 5 nitrogen and oxygen atoms in total. The highest BCUT2D eigenvalue weighted by Gasteiger charge is 2.49. The Balaban J connectivity index is 1.72. The maximum Gasteiger partial charge on any atom is 0.260 e. The molecule has 0 aliphatic carbocycles. The summed E-state index contributed by atoms with van der Waals surface area (Å²) in [5, 5.41) is 0. The van der Waals surface area contributed by atoms with Crippen molar-refractivity contribution in [1.29, 1.82) is 0 Å². The fourth-order valence-electron chi connectivity index (χ4n) is 4.50. The highest BCUT2D eigenvalue weighted by Crippen LogP contribution is 2.39. The monoisotopic (exact) mass is 344 g/mol. The second-order valence-corrected chi connectivity index (χ2v) is 7.43. The topological polar surface area (TPSA) is 49.9 Å². The number of hydrogen-bond donors (Lipinski definition) is 0. The first-order chi connectivity index (χ1) is 11.9. The third kappa shape index (κ3) is 3.37. The standard InChI is InChI=1S/C20H28N2O3/c1-15-8-4-5-9-17(15)25-14-19(24)21-12-7-11-20(3)18(21)10-6-13-22(20)16(2)23/h4-5,8-9,18H,6-7,10-14H2,1-3H3/t18-,20+/m1/s1. The van der Waals surface area contributed by atoms with Crippen LogP contribution in [0.4, 0.5) is 0 Å². The first-order valence-electron chi connectivity index (χ1n) is 9.19. The van der Waals surface area contributed by atoms with Crippen LogP contribution < -0.4 is 4.74 Å². The average Bonchev–Trinajstić information content (AvgIpc) is 2.59. The number of aryl methyl sites for hydroxylation is 1. The van der Waals surface area contributed by atoms with Crippen molar-refractivity contribution >= 4 is 11.8 Å². The van der Waals surface area contributed by atoms with Crippen LogP contribution in [-0.2, 0) is 9.59 Å². The lowest BCUT2D eigenvalue weighted by molar-refractivity contribution is -0.155. The lowest BCUT2D eigenvalue weighted by Gasteiger charge is -2.56. The number of amides is 2. The Bertz CT molecular complexity index is 660. The molecule has 2 amide bonds. The van der Waals surface area contributed by atoms with Crippen molar-refractivity contribution in [2.24, 2.45) is 0 Å². The van der Waals surface area contributed by atoms with Crippen LogP contribution in [0.15, 0.2) is 24.3 Å². The molecule has 0 saturated carbocycles. The van der Waals surface area contributed by atoms with Crippen LogP contribution >= 0.6 is 0 Å². The van der Waals surface area contributed by atoms with Crippen molar-refractivity contribution in [3.05, 3.63) is 29.8 Å². The zero-order chi connectivity index (χ0) is 18.0. The Kier molecular flexibility index (Phi) is 5.02. The van der Waals surface area contributed by atoms with Crippen LogP contribution in [0, 0.1) is 6.92 Å². The largest absolute Gasteiger partial charge is 0.484 e. The van der Waals surface area contributed by atoms with Gasteiger partial charge in [0.2, 0.25) is 5.91 Å². The molecular weight excluding hydrogens is 316 g/mol. The number of hydrogen-bond acceptors (Lipinski definition) is 3. The Morgan fingerprint density at radius 1 is 1.24 bits per heavy atom. The average molecular weight is 344 g/mol. The van der Waals surface area contributed by atoms with Gasteiger partial charge >= 0.3 is 0 Å². The summed E-state index contributed by atoms with van der Waals surface area (Å²) in [6.07, 6.45) is 3.78. The third-order valence-electron chi connectivity index (χ3n) is 5.80. The summed E-state index contributed by atoms with van der Waals surface area (Å²) >= 11 is 0. The molecular formula is C20H28N2O3. The van der Waals surface area contributed by atoms with Gasteiger partial charge in [-0.25, -0.2) is 0 Å². The van der Waals surface area contributed by atoms with Crippen molar-refractivity contribution in [3.63, 3.8) is 0 Å². The number of piperidine rings is 2. The van der Waals surface area contributed by atoms with Crippen LogP contribution in [0.25, 0.3) is 0 Å². The predicted octanol–water partition coefficient (Wildman–Crippen LogP) is 2.77. The Morgan fingerprint density at radius 2 is 2.00 bits per heavy atom. The van der Waals surface area contributed by atoms with E-state index in [1.807, 2.05) is 41.0 Å². The summed E-state index contributed by atoms with van der Waals surface area (Å²) in [5.74, 6) is 0.881. The van der Waals surface area contributed by atoms with Crippen LogP contribution in [-0.4, -0.2) is 52.9 Å². The molecule has 136 valence electrons. The van der Waals surface area contributed by atoms with E-state index in [1.54, 1.807) is 6.92 Å². The molecule has 2 heterocycles. The van der Waals surface area contributed by atoms with Gasteiger partial charge in [-0.2, -0.15) is 0 Å². The quantitative estimate of drug-likeness (QED) is 0.847. The predicted molar refractivity (Wildman–Crippen MR) is 96.4 cm³/mol. The minimum atomic E-state index is -0.249. The van der Waals surface area contributed by atoms with E-state index in [0.717, 1.165) is 50.1 Å². The number of rotatable bonds is 3. The number of ether oxygens (including phenoxy) is 1. The number of likely N-dealkylation sites (tertiary alicyclic amines) is 2. The van der Waals surface area contributed by atoms with Crippen LogP contribution in [0.5, 0.6) is 5.75 Å². The van der Waals surface area contributed by atoms with Gasteiger partial charge in [0.25, 0.3) is 5.91 Å². The van der Waals surface area contributed by atoms with Crippen molar-refractivity contribution in [2.45, 2.75) is 58.0 Å². The minimum Gasteiger partial charge on any atom is -0.484 e. The molecule has 0 unspecified atom stereocenters. The van der Waals surface area contributed by atoms with Gasteiger partial charge in [-0.1, -0.05) is 18.2 Å². The van der Waals surface area contributed by atoms with Gasteiger partial charge in [0.05, 0.1) is 11.6 Å². The van der Waals surface area contributed by atoms with Crippen molar-refractivity contribution in [1.82, 2.24) is 9.80 Å². The summed E-state index contributed by atoms with van der Waals surface area (Å²) in [4.78, 5) is 28.9. The lowest BCUT2D eigenvalue weighted by Crippen LogP contribution is -2.68. The highest BCUT2D eigenvalue weighted by atomic mass is 16.5. The molecule has 2 saturated heterocycles. The first kappa shape index (κ1) is 17.8. The maximum atomic E-state index is 12.9. The van der Waals surface area contributed by atoms with E-state index < -0.39 is 0 Å². The Morgan fingerprint density at radius 3 is 2.72 bits per heavy atom. The molecule has 1 aromatic carbocycles. The first-order valence-corrected chi connectivity index (χ1v) is 9.19.